The predicted octanol–water partition coefficient (Wildman–Crippen LogP) is -0.0709. The van der Waals surface area contributed by atoms with Gasteiger partial charge in [-0.2, -0.15) is 8.42 Å². The van der Waals surface area contributed by atoms with Gasteiger partial charge in [0.1, 0.15) is 11.9 Å². The summed E-state index contributed by atoms with van der Waals surface area (Å²) in [6.07, 6.45) is -0.801. The van der Waals surface area contributed by atoms with E-state index in [1.54, 1.807) is 6.92 Å². The van der Waals surface area contributed by atoms with Crippen LogP contribution in [0.5, 0.6) is 0 Å². The van der Waals surface area contributed by atoms with Crippen molar-refractivity contribution in [1.29, 1.82) is 0 Å². The second-order valence-corrected chi connectivity index (χ2v) is 3.99. The van der Waals surface area contributed by atoms with Crippen molar-refractivity contribution in [3.8, 4) is 11.8 Å². The molecule has 0 rings (SSSR count). The van der Waals surface area contributed by atoms with Crippen LogP contribution in [0.1, 0.15) is 6.92 Å². The first-order valence-electron chi connectivity index (χ1n) is 3.97. The molecule has 0 fully saturated rings. The highest BCUT2D eigenvalue weighted by Crippen LogP contribution is 1.96. The molecular weight excluding hydrogens is 208 g/mol. The average Bonchev–Trinajstić information content (AvgIpc) is 2.02. The molecule has 0 aromatic rings. The monoisotopic (exact) mass is 222 g/mol. The molecule has 0 saturated heterocycles. The van der Waals surface area contributed by atoms with Gasteiger partial charge in [0.25, 0.3) is 10.1 Å². The number of hydrogen-bond acceptors (Lipinski definition) is 4. The summed E-state index contributed by atoms with van der Waals surface area (Å²) in [5.74, 6) is 4.54. The Morgan fingerprint density at radius 3 is 2.50 bits per heavy atom. The van der Waals surface area contributed by atoms with Gasteiger partial charge < -0.3 is 9.47 Å². The standard InChI is InChI=1S/C8H14O5S/c1-3-4-8(7-14(9,10)11)13-6-5-12-2/h8H,5-7H2,1-2H3,(H,9,10,11). The Bertz CT molecular complexity index is 297. The van der Waals surface area contributed by atoms with Crippen molar-refractivity contribution in [1.82, 2.24) is 0 Å². The van der Waals surface area contributed by atoms with Crippen LogP contribution in [-0.4, -0.2) is 45.2 Å². The second-order valence-electron chi connectivity index (χ2n) is 2.50. The largest absolute Gasteiger partial charge is 0.382 e. The molecule has 5 nitrogen and oxygen atoms in total. The van der Waals surface area contributed by atoms with E-state index in [4.69, 9.17) is 14.0 Å². The van der Waals surface area contributed by atoms with Crippen LogP contribution in [0.25, 0.3) is 0 Å². The van der Waals surface area contributed by atoms with Crippen LogP contribution in [0.3, 0.4) is 0 Å². The lowest BCUT2D eigenvalue weighted by molar-refractivity contribution is 0.0520. The molecule has 6 heteroatoms. The third-order valence-electron chi connectivity index (χ3n) is 1.27. The SMILES string of the molecule is CC#CC(CS(=O)(=O)O)OCCOC. The minimum absolute atomic E-state index is 0.241. The molecule has 0 aliphatic rings. The Kier molecular flexibility index (Phi) is 6.49. The van der Waals surface area contributed by atoms with Gasteiger partial charge in [-0.15, -0.1) is 5.92 Å². The highest BCUT2D eigenvalue weighted by Gasteiger charge is 2.14. The molecule has 82 valence electrons. The normalized spacial score (nSPS) is 13.1. The smallest absolute Gasteiger partial charge is 0.268 e. The maximum atomic E-state index is 10.5. The molecule has 0 aromatic carbocycles. The average molecular weight is 222 g/mol. The minimum Gasteiger partial charge on any atom is -0.382 e. The zero-order chi connectivity index (χ0) is 11.0. The summed E-state index contributed by atoms with van der Waals surface area (Å²) in [5.41, 5.74) is 0. The maximum Gasteiger partial charge on any atom is 0.268 e. The van der Waals surface area contributed by atoms with Crippen LogP contribution in [0.15, 0.2) is 0 Å². The Morgan fingerprint density at radius 1 is 1.43 bits per heavy atom. The van der Waals surface area contributed by atoms with Gasteiger partial charge in [0.05, 0.1) is 13.2 Å². The number of methoxy groups -OCH3 is 1. The van der Waals surface area contributed by atoms with Crippen molar-refractivity contribution >= 4 is 10.1 Å². The lowest BCUT2D eigenvalue weighted by Crippen LogP contribution is -2.23. The first-order chi connectivity index (χ1) is 6.49. The molecule has 14 heavy (non-hydrogen) atoms. The third-order valence-corrected chi connectivity index (χ3v) is 2.00. The maximum absolute atomic E-state index is 10.5. The van der Waals surface area contributed by atoms with Crippen LogP contribution in [0.2, 0.25) is 0 Å². The van der Waals surface area contributed by atoms with E-state index < -0.39 is 22.0 Å². The molecule has 0 aliphatic heterocycles. The fourth-order valence-electron chi connectivity index (χ4n) is 0.757. The van der Waals surface area contributed by atoms with Crippen LogP contribution in [0, 0.1) is 11.8 Å². The first kappa shape index (κ1) is 13.4. The summed E-state index contributed by atoms with van der Waals surface area (Å²) in [6.45, 7) is 2.16. The molecular formula is C8H14O5S. The van der Waals surface area contributed by atoms with Crippen molar-refractivity contribution < 1.29 is 22.4 Å². The van der Waals surface area contributed by atoms with Crippen LogP contribution in [-0.2, 0) is 19.6 Å². The molecule has 0 spiro atoms. The van der Waals surface area contributed by atoms with Gasteiger partial charge in [-0.1, -0.05) is 5.92 Å². The molecule has 0 bridgehead atoms. The predicted molar refractivity (Wildman–Crippen MR) is 51.5 cm³/mol. The van der Waals surface area contributed by atoms with E-state index in [-0.39, 0.29) is 6.61 Å². The van der Waals surface area contributed by atoms with Gasteiger partial charge in [0.15, 0.2) is 0 Å². The summed E-state index contributed by atoms with van der Waals surface area (Å²) in [5, 5.41) is 0. The minimum atomic E-state index is -4.05. The van der Waals surface area contributed by atoms with Crippen molar-refractivity contribution in [2.24, 2.45) is 0 Å². The van der Waals surface area contributed by atoms with Gasteiger partial charge in [0.2, 0.25) is 0 Å². The fourth-order valence-corrected chi connectivity index (χ4v) is 1.32. The zero-order valence-corrected chi connectivity index (χ0v) is 9.00. The van der Waals surface area contributed by atoms with E-state index in [1.807, 2.05) is 0 Å². The number of hydrogen-bond donors (Lipinski definition) is 1. The molecule has 1 atom stereocenters. The first-order valence-corrected chi connectivity index (χ1v) is 5.58. The Balaban J connectivity index is 4.08. The van der Waals surface area contributed by atoms with Gasteiger partial charge in [-0.25, -0.2) is 0 Å². The number of rotatable bonds is 6. The Labute approximate surface area is 84.1 Å². The summed E-state index contributed by atoms with van der Waals surface area (Å²) in [4.78, 5) is 0. The lowest BCUT2D eigenvalue weighted by atomic mass is 10.4. The Hall–Kier alpha value is -0.610. The van der Waals surface area contributed by atoms with Gasteiger partial charge >= 0.3 is 0 Å². The third kappa shape index (κ3) is 8.01. The van der Waals surface area contributed by atoms with Gasteiger partial charge in [0, 0.05) is 7.11 Å². The van der Waals surface area contributed by atoms with Crippen molar-refractivity contribution in [2.75, 3.05) is 26.1 Å². The van der Waals surface area contributed by atoms with E-state index in [2.05, 4.69) is 11.8 Å². The summed E-state index contributed by atoms with van der Waals surface area (Å²) in [7, 11) is -2.54. The molecule has 0 amide bonds. The summed E-state index contributed by atoms with van der Waals surface area (Å²) >= 11 is 0. The lowest BCUT2D eigenvalue weighted by Gasteiger charge is -2.09. The molecule has 0 saturated carbocycles. The molecule has 0 aromatic heterocycles. The van der Waals surface area contributed by atoms with E-state index in [0.717, 1.165) is 0 Å². The van der Waals surface area contributed by atoms with Crippen LogP contribution >= 0.6 is 0 Å². The van der Waals surface area contributed by atoms with Crippen molar-refractivity contribution in [3.63, 3.8) is 0 Å². The van der Waals surface area contributed by atoms with Crippen LogP contribution < -0.4 is 0 Å². The highest BCUT2D eigenvalue weighted by atomic mass is 32.2. The quantitative estimate of drug-likeness (QED) is 0.387. The van der Waals surface area contributed by atoms with Crippen molar-refractivity contribution in [2.45, 2.75) is 13.0 Å². The van der Waals surface area contributed by atoms with E-state index >= 15 is 0 Å². The summed E-state index contributed by atoms with van der Waals surface area (Å²) in [6, 6.07) is 0. The van der Waals surface area contributed by atoms with Crippen LogP contribution in [0.4, 0.5) is 0 Å². The molecule has 0 radical (unpaired) electrons. The van der Waals surface area contributed by atoms with Gasteiger partial charge in [-0.3, -0.25) is 4.55 Å². The Morgan fingerprint density at radius 2 is 2.07 bits per heavy atom. The molecule has 0 heterocycles. The van der Waals surface area contributed by atoms with Crippen molar-refractivity contribution in [3.05, 3.63) is 0 Å². The van der Waals surface area contributed by atoms with E-state index in [9.17, 15) is 8.42 Å². The molecule has 0 aliphatic carbocycles. The second kappa shape index (κ2) is 6.79. The summed E-state index contributed by atoms with van der Waals surface area (Å²) < 4.78 is 39.4. The zero-order valence-electron chi connectivity index (χ0n) is 8.19. The highest BCUT2D eigenvalue weighted by molar-refractivity contribution is 7.85. The van der Waals surface area contributed by atoms with E-state index in [1.165, 1.54) is 7.11 Å². The molecule has 1 N–H and O–H groups in total. The van der Waals surface area contributed by atoms with Gasteiger partial charge in [-0.05, 0) is 6.92 Å². The fraction of sp³-hybridized carbons (Fsp3) is 0.750. The number of ether oxygens (including phenoxy) is 2. The molecule has 1 unspecified atom stereocenters. The topological polar surface area (TPSA) is 72.8 Å². The van der Waals surface area contributed by atoms with E-state index in [0.29, 0.717) is 6.61 Å².